The molecular weight excluding hydrogens is 460 g/mol. The largest absolute Gasteiger partial charge is 0.493 e. The molecule has 1 N–H and O–H groups in total. The minimum absolute atomic E-state index is 0.0149. The van der Waals surface area contributed by atoms with Crippen LogP contribution in [0.3, 0.4) is 0 Å². The standard InChI is InChI=1S/C28H28N2O4S/c1-18-11-19(2)13-23(12-18)34-16-27(31)29-15-20-5-7-21(8-6-20)28-30-24(17-35-28)22-9-10-25(32-3)26(14-22)33-4/h5-14,17H,15-16H2,1-4H3,(H,29,31). The summed E-state index contributed by atoms with van der Waals surface area (Å²) in [5.74, 6) is 1.90. The summed E-state index contributed by atoms with van der Waals surface area (Å²) < 4.78 is 16.3. The van der Waals surface area contributed by atoms with Gasteiger partial charge in [-0.05, 0) is 60.9 Å². The van der Waals surface area contributed by atoms with Gasteiger partial charge in [-0.1, -0.05) is 30.3 Å². The molecule has 4 aromatic rings. The number of hydrogen-bond acceptors (Lipinski definition) is 6. The number of aryl methyl sites for hydroxylation is 2. The Bertz CT molecular complexity index is 1290. The van der Waals surface area contributed by atoms with Crippen LogP contribution in [0.5, 0.6) is 17.2 Å². The van der Waals surface area contributed by atoms with Gasteiger partial charge in [0.25, 0.3) is 5.91 Å². The first-order valence-electron chi connectivity index (χ1n) is 11.2. The summed E-state index contributed by atoms with van der Waals surface area (Å²) in [6, 6.07) is 19.7. The van der Waals surface area contributed by atoms with Crippen molar-refractivity contribution in [3.63, 3.8) is 0 Å². The molecule has 0 saturated heterocycles. The summed E-state index contributed by atoms with van der Waals surface area (Å²) in [6.45, 7) is 4.43. The third-order valence-electron chi connectivity index (χ3n) is 5.44. The highest BCUT2D eigenvalue weighted by Gasteiger charge is 2.11. The van der Waals surface area contributed by atoms with Crippen LogP contribution in [0.4, 0.5) is 0 Å². The van der Waals surface area contributed by atoms with E-state index in [2.05, 4.69) is 11.4 Å². The number of aromatic nitrogens is 1. The molecule has 0 bridgehead atoms. The zero-order valence-electron chi connectivity index (χ0n) is 20.3. The highest BCUT2D eigenvalue weighted by molar-refractivity contribution is 7.13. The van der Waals surface area contributed by atoms with Crippen molar-refractivity contribution in [2.24, 2.45) is 0 Å². The second kappa shape index (κ2) is 11.1. The predicted octanol–water partition coefficient (Wildman–Crippen LogP) is 5.81. The molecule has 1 amide bonds. The normalized spacial score (nSPS) is 10.6. The molecule has 1 heterocycles. The highest BCUT2D eigenvalue weighted by atomic mass is 32.1. The fourth-order valence-corrected chi connectivity index (χ4v) is 4.55. The molecule has 0 aliphatic heterocycles. The maximum atomic E-state index is 12.2. The van der Waals surface area contributed by atoms with E-state index >= 15 is 0 Å². The predicted molar refractivity (Wildman–Crippen MR) is 139 cm³/mol. The maximum Gasteiger partial charge on any atom is 0.258 e. The minimum atomic E-state index is -0.160. The van der Waals surface area contributed by atoms with E-state index in [9.17, 15) is 4.79 Å². The van der Waals surface area contributed by atoms with Gasteiger partial charge in [0, 0.05) is 23.1 Å². The van der Waals surface area contributed by atoms with Crippen LogP contribution in [0.25, 0.3) is 21.8 Å². The van der Waals surface area contributed by atoms with Crippen molar-refractivity contribution in [3.05, 3.63) is 82.7 Å². The number of amides is 1. The first kappa shape index (κ1) is 24.3. The summed E-state index contributed by atoms with van der Waals surface area (Å²) >= 11 is 1.58. The van der Waals surface area contributed by atoms with Gasteiger partial charge in [0.15, 0.2) is 18.1 Å². The van der Waals surface area contributed by atoms with Crippen molar-refractivity contribution in [3.8, 4) is 39.1 Å². The fraction of sp³-hybridized carbons (Fsp3) is 0.214. The molecule has 4 rings (SSSR count). The van der Waals surface area contributed by atoms with E-state index in [1.165, 1.54) is 0 Å². The number of ether oxygens (including phenoxy) is 3. The Morgan fingerprint density at radius 1 is 0.886 bits per heavy atom. The molecule has 6 nitrogen and oxygen atoms in total. The number of nitrogens with zero attached hydrogens (tertiary/aromatic N) is 1. The lowest BCUT2D eigenvalue weighted by Crippen LogP contribution is -2.28. The average molecular weight is 489 g/mol. The van der Waals surface area contributed by atoms with Crippen LogP contribution in [0.1, 0.15) is 16.7 Å². The fourth-order valence-electron chi connectivity index (χ4n) is 3.72. The SMILES string of the molecule is COc1ccc(-c2csc(-c3ccc(CNC(=O)COc4cc(C)cc(C)c4)cc3)n2)cc1OC. The van der Waals surface area contributed by atoms with Gasteiger partial charge in [-0.25, -0.2) is 4.98 Å². The number of nitrogens with one attached hydrogen (secondary N) is 1. The van der Waals surface area contributed by atoms with Gasteiger partial charge >= 0.3 is 0 Å². The van der Waals surface area contributed by atoms with Crippen LogP contribution in [0.15, 0.2) is 66.0 Å². The summed E-state index contributed by atoms with van der Waals surface area (Å²) in [4.78, 5) is 17.0. The Morgan fingerprint density at radius 3 is 2.26 bits per heavy atom. The molecule has 180 valence electrons. The topological polar surface area (TPSA) is 69.7 Å². The van der Waals surface area contributed by atoms with Crippen molar-refractivity contribution in [2.45, 2.75) is 20.4 Å². The van der Waals surface area contributed by atoms with Gasteiger partial charge in [-0.2, -0.15) is 0 Å². The summed E-state index contributed by atoms with van der Waals surface area (Å²) in [6.07, 6.45) is 0. The lowest BCUT2D eigenvalue weighted by molar-refractivity contribution is -0.123. The van der Waals surface area contributed by atoms with E-state index < -0.39 is 0 Å². The van der Waals surface area contributed by atoms with Crippen LogP contribution < -0.4 is 19.5 Å². The van der Waals surface area contributed by atoms with Gasteiger partial charge in [0.2, 0.25) is 0 Å². The first-order chi connectivity index (χ1) is 16.9. The van der Waals surface area contributed by atoms with E-state index in [1.54, 1.807) is 25.6 Å². The van der Waals surface area contributed by atoms with E-state index in [1.807, 2.05) is 73.8 Å². The summed E-state index contributed by atoms with van der Waals surface area (Å²) in [5.41, 5.74) is 6.09. The Hall–Kier alpha value is -3.84. The molecule has 7 heteroatoms. The van der Waals surface area contributed by atoms with Crippen molar-refractivity contribution in [1.29, 1.82) is 0 Å². The second-order valence-electron chi connectivity index (χ2n) is 8.19. The number of carbonyl (C=O) groups excluding carboxylic acids is 1. The Morgan fingerprint density at radius 2 is 1.57 bits per heavy atom. The van der Waals surface area contributed by atoms with Crippen molar-refractivity contribution >= 4 is 17.2 Å². The molecular formula is C28H28N2O4S. The van der Waals surface area contributed by atoms with Crippen molar-refractivity contribution < 1.29 is 19.0 Å². The van der Waals surface area contributed by atoms with Gasteiger partial charge in [-0.3, -0.25) is 4.79 Å². The van der Waals surface area contributed by atoms with Crippen LogP contribution in [-0.4, -0.2) is 31.7 Å². The number of benzene rings is 3. The third kappa shape index (κ3) is 6.19. The quantitative estimate of drug-likeness (QED) is 0.322. The minimum Gasteiger partial charge on any atom is -0.493 e. The number of thiazole rings is 1. The van der Waals surface area contributed by atoms with Gasteiger partial charge in [-0.15, -0.1) is 11.3 Å². The molecule has 0 spiro atoms. The summed E-state index contributed by atoms with van der Waals surface area (Å²) in [5, 5.41) is 5.86. The smallest absolute Gasteiger partial charge is 0.258 e. The van der Waals surface area contributed by atoms with Crippen LogP contribution in [0.2, 0.25) is 0 Å². The first-order valence-corrected chi connectivity index (χ1v) is 12.1. The number of rotatable bonds is 9. The van der Waals surface area contributed by atoms with Gasteiger partial charge in [0.05, 0.1) is 19.9 Å². The molecule has 1 aromatic heterocycles. The van der Waals surface area contributed by atoms with Crippen molar-refractivity contribution in [1.82, 2.24) is 10.3 Å². The molecule has 35 heavy (non-hydrogen) atoms. The third-order valence-corrected chi connectivity index (χ3v) is 6.33. The van der Waals surface area contributed by atoms with E-state index in [0.717, 1.165) is 38.5 Å². The zero-order valence-corrected chi connectivity index (χ0v) is 21.1. The monoisotopic (exact) mass is 488 g/mol. The number of methoxy groups -OCH3 is 2. The molecule has 0 unspecified atom stereocenters. The van der Waals surface area contributed by atoms with E-state index in [4.69, 9.17) is 19.2 Å². The number of carbonyl (C=O) groups is 1. The Balaban J connectivity index is 1.34. The van der Waals surface area contributed by atoms with Crippen molar-refractivity contribution in [2.75, 3.05) is 20.8 Å². The molecule has 0 aliphatic rings. The number of hydrogen-bond donors (Lipinski definition) is 1. The van der Waals surface area contributed by atoms with Crippen LogP contribution in [0, 0.1) is 13.8 Å². The molecule has 0 aliphatic carbocycles. The average Bonchev–Trinajstić information content (AvgIpc) is 3.36. The molecule has 0 atom stereocenters. The lowest BCUT2D eigenvalue weighted by atomic mass is 10.1. The lowest BCUT2D eigenvalue weighted by Gasteiger charge is -2.09. The van der Waals surface area contributed by atoms with E-state index in [0.29, 0.717) is 23.8 Å². The van der Waals surface area contributed by atoms with Gasteiger partial charge < -0.3 is 19.5 Å². The zero-order chi connectivity index (χ0) is 24.8. The maximum absolute atomic E-state index is 12.2. The second-order valence-corrected chi connectivity index (χ2v) is 9.05. The van der Waals surface area contributed by atoms with Gasteiger partial charge in [0.1, 0.15) is 10.8 Å². The van der Waals surface area contributed by atoms with E-state index in [-0.39, 0.29) is 12.5 Å². The molecule has 0 fully saturated rings. The highest BCUT2D eigenvalue weighted by Crippen LogP contribution is 2.34. The molecule has 0 saturated carbocycles. The Kier molecular flexibility index (Phi) is 7.67. The van der Waals surface area contributed by atoms with Crippen LogP contribution in [-0.2, 0) is 11.3 Å². The molecule has 3 aromatic carbocycles. The van der Waals surface area contributed by atoms with Crippen LogP contribution >= 0.6 is 11.3 Å². The summed E-state index contributed by atoms with van der Waals surface area (Å²) in [7, 11) is 3.24. The molecule has 0 radical (unpaired) electrons. The Labute approximate surface area is 209 Å².